The number of nitrogens with zero attached hydrogens (tertiary/aromatic N) is 3. The van der Waals surface area contributed by atoms with E-state index < -0.39 is 10.0 Å². The van der Waals surface area contributed by atoms with Gasteiger partial charge in [0.15, 0.2) is 5.71 Å². The molecule has 1 saturated carbocycles. The fourth-order valence-corrected chi connectivity index (χ4v) is 5.42. The van der Waals surface area contributed by atoms with E-state index in [1.54, 1.807) is 13.0 Å². The first kappa shape index (κ1) is 24.9. The first-order valence-electron chi connectivity index (χ1n) is 11.6. The second-order valence-corrected chi connectivity index (χ2v) is 11.1. The molecule has 0 unspecified atom stereocenters. The number of phenols is 1. The van der Waals surface area contributed by atoms with Crippen molar-refractivity contribution in [2.24, 2.45) is 10.2 Å². The van der Waals surface area contributed by atoms with Crippen LogP contribution in [-0.4, -0.2) is 43.2 Å². The monoisotopic (exact) mass is 497 g/mol. The number of phenolic OH excluding ortho intramolecular Hbond substituents is 1. The van der Waals surface area contributed by atoms with Crippen molar-refractivity contribution in [1.29, 1.82) is 0 Å². The summed E-state index contributed by atoms with van der Waals surface area (Å²) >= 11 is 0. The average molecular weight is 498 g/mol. The largest absolute Gasteiger partial charge is 0.505 e. The van der Waals surface area contributed by atoms with Crippen molar-refractivity contribution in [3.63, 3.8) is 0 Å². The van der Waals surface area contributed by atoms with E-state index in [1.165, 1.54) is 11.3 Å². The van der Waals surface area contributed by atoms with E-state index >= 15 is 0 Å². The third kappa shape index (κ3) is 5.54. The lowest BCUT2D eigenvalue weighted by molar-refractivity contribution is -0.112. The molecule has 4 rings (SSSR count). The Bertz CT molecular complexity index is 1310. The number of aromatic hydroxyl groups is 1. The van der Waals surface area contributed by atoms with E-state index in [4.69, 9.17) is 0 Å². The number of aryl methyl sites for hydroxylation is 2. The Morgan fingerprint density at radius 3 is 2.43 bits per heavy atom. The van der Waals surface area contributed by atoms with Crippen molar-refractivity contribution in [3.8, 4) is 5.75 Å². The van der Waals surface area contributed by atoms with E-state index in [0.717, 1.165) is 29.5 Å². The molecule has 0 atom stereocenters. The van der Waals surface area contributed by atoms with Crippen LogP contribution in [0, 0.1) is 13.8 Å². The van der Waals surface area contributed by atoms with Crippen LogP contribution >= 0.6 is 0 Å². The Hall–Kier alpha value is -3.24. The molecule has 1 aliphatic heterocycles. The second-order valence-electron chi connectivity index (χ2n) is 9.33. The Kier molecular flexibility index (Phi) is 6.95. The highest BCUT2D eigenvalue weighted by atomic mass is 32.2. The van der Waals surface area contributed by atoms with Crippen molar-refractivity contribution >= 4 is 38.7 Å². The maximum Gasteiger partial charge on any atom is 0.301 e. The fraction of sp³-hybridized carbons (Fsp3) is 0.400. The van der Waals surface area contributed by atoms with Crippen molar-refractivity contribution in [1.82, 2.24) is 4.72 Å². The molecule has 0 aromatic heterocycles. The number of hydrogen-bond donors (Lipinski definition) is 3. The highest BCUT2D eigenvalue weighted by Crippen LogP contribution is 2.40. The first-order valence-corrected chi connectivity index (χ1v) is 13.5. The molecule has 10 heteroatoms. The van der Waals surface area contributed by atoms with Crippen molar-refractivity contribution in [3.05, 3.63) is 53.1 Å². The van der Waals surface area contributed by atoms with Crippen LogP contribution in [0.15, 0.2) is 46.6 Å². The van der Waals surface area contributed by atoms with Crippen LogP contribution in [0.4, 0.5) is 11.4 Å². The van der Waals surface area contributed by atoms with E-state index in [1.807, 2.05) is 44.2 Å². The number of sulfonamides is 1. The molecule has 1 heterocycles. The molecular formula is C25H31N5O4S. The maximum atomic E-state index is 13.0. The van der Waals surface area contributed by atoms with Gasteiger partial charge in [0.1, 0.15) is 5.75 Å². The number of para-hydroxylation sites is 1. The maximum absolute atomic E-state index is 13.0. The van der Waals surface area contributed by atoms with Crippen molar-refractivity contribution in [2.75, 3.05) is 16.7 Å². The van der Waals surface area contributed by atoms with Gasteiger partial charge in [0.25, 0.3) is 0 Å². The van der Waals surface area contributed by atoms with Gasteiger partial charge in [0.2, 0.25) is 10.0 Å². The summed E-state index contributed by atoms with van der Waals surface area (Å²) in [6, 6.07) is 11.0. The summed E-state index contributed by atoms with van der Waals surface area (Å²) < 4.78 is 25.7. The highest BCUT2D eigenvalue weighted by molar-refractivity contribution is 7.88. The van der Waals surface area contributed by atoms with Crippen LogP contribution in [0.1, 0.15) is 55.2 Å². The number of hydrogen-bond acceptors (Lipinski definition) is 7. The number of benzene rings is 2. The predicted octanol–water partition coefficient (Wildman–Crippen LogP) is 3.78. The first-order chi connectivity index (χ1) is 16.5. The standard InChI is InChI=1S/C25H31N5O4S/c1-15-8-13-20(14-16(15)2)30-25(32)23(17(3)28-30)27-26-22-7-5-6-21(24(22)31)18-9-11-19(12-10-18)29-35(4,33)34/h5-8,13-14,18-19,26,29,31H,9-12H2,1-4H3. The van der Waals surface area contributed by atoms with Gasteiger partial charge in [-0.25, -0.2) is 13.1 Å². The van der Waals surface area contributed by atoms with Gasteiger partial charge in [0, 0.05) is 6.04 Å². The molecule has 1 aliphatic carbocycles. The number of rotatable bonds is 6. The fourth-order valence-electron chi connectivity index (χ4n) is 4.58. The van der Waals surface area contributed by atoms with Crippen LogP contribution in [0.3, 0.4) is 0 Å². The van der Waals surface area contributed by atoms with Gasteiger partial charge < -0.3 is 5.11 Å². The molecule has 35 heavy (non-hydrogen) atoms. The minimum Gasteiger partial charge on any atom is -0.505 e. The number of nitrogens with one attached hydrogen (secondary N) is 2. The van der Waals surface area contributed by atoms with E-state index in [9.17, 15) is 18.3 Å². The molecule has 2 aromatic carbocycles. The smallest absolute Gasteiger partial charge is 0.301 e. The molecular weight excluding hydrogens is 466 g/mol. The minimum atomic E-state index is -3.24. The van der Waals surface area contributed by atoms with E-state index in [0.29, 0.717) is 29.9 Å². The van der Waals surface area contributed by atoms with Gasteiger partial charge in [0.05, 0.1) is 23.3 Å². The van der Waals surface area contributed by atoms with Gasteiger partial charge in [-0.05, 0) is 87.3 Å². The number of carbonyl (C=O) groups is 1. The zero-order chi connectivity index (χ0) is 25.3. The van der Waals surface area contributed by atoms with E-state index in [2.05, 4.69) is 20.4 Å². The van der Waals surface area contributed by atoms with Crippen LogP contribution in [0.25, 0.3) is 0 Å². The average Bonchev–Trinajstić information content (AvgIpc) is 3.08. The molecule has 0 spiro atoms. The normalized spacial score (nSPS) is 21.9. The lowest BCUT2D eigenvalue weighted by atomic mass is 9.81. The molecule has 2 aliphatic rings. The summed E-state index contributed by atoms with van der Waals surface area (Å²) in [4.78, 5) is 13.0. The lowest BCUT2D eigenvalue weighted by Crippen LogP contribution is -2.36. The summed E-state index contributed by atoms with van der Waals surface area (Å²) in [5.74, 6) is -0.147. The van der Waals surface area contributed by atoms with Gasteiger partial charge in [-0.2, -0.15) is 15.2 Å². The van der Waals surface area contributed by atoms with E-state index in [-0.39, 0.29) is 29.3 Å². The minimum absolute atomic E-state index is 0.0768. The number of hydrazone groups is 2. The number of carbonyl (C=O) groups excluding carboxylic acids is 1. The molecule has 0 radical (unpaired) electrons. The molecule has 186 valence electrons. The Labute approximate surface area is 206 Å². The van der Waals surface area contributed by atoms with Crippen LogP contribution in [0.5, 0.6) is 5.75 Å². The second kappa shape index (κ2) is 9.79. The number of anilines is 2. The van der Waals surface area contributed by atoms with Crippen molar-refractivity contribution in [2.45, 2.75) is 58.4 Å². The Morgan fingerprint density at radius 1 is 1.06 bits per heavy atom. The molecule has 0 saturated heterocycles. The lowest BCUT2D eigenvalue weighted by Gasteiger charge is -2.29. The van der Waals surface area contributed by atoms with Crippen LogP contribution < -0.4 is 15.2 Å². The van der Waals surface area contributed by atoms with Gasteiger partial charge >= 0.3 is 5.91 Å². The van der Waals surface area contributed by atoms with Crippen LogP contribution in [-0.2, 0) is 14.8 Å². The van der Waals surface area contributed by atoms with Crippen LogP contribution in [0.2, 0.25) is 0 Å². The predicted molar refractivity (Wildman–Crippen MR) is 139 cm³/mol. The summed E-state index contributed by atoms with van der Waals surface area (Å²) in [5.41, 5.74) is 7.56. The number of amides is 1. The Balaban J connectivity index is 1.47. The highest BCUT2D eigenvalue weighted by Gasteiger charge is 2.31. The summed E-state index contributed by atoms with van der Waals surface area (Å²) in [7, 11) is -3.24. The Morgan fingerprint density at radius 2 is 1.77 bits per heavy atom. The summed E-state index contributed by atoms with van der Waals surface area (Å²) in [5, 5.41) is 20.9. The summed E-state index contributed by atoms with van der Waals surface area (Å²) in [6.07, 6.45) is 4.09. The van der Waals surface area contributed by atoms with Crippen molar-refractivity contribution < 1.29 is 18.3 Å². The molecule has 0 bridgehead atoms. The zero-order valence-electron chi connectivity index (χ0n) is 20.4. The zero-order valence-corrected chi connectivity index (χ0v) is 21.2. The third-order valence-corrected chi connectivity index (χ3v) is 7.39. The SMILES string of the molecule is CC1=NN(c2ccc(C)c(C)c2)C(=O)C1=NNc1cccc(C2CCC(NS(C)(=O)=O)CC2)c1O. The third-order valence-electron chi connectivity index (χ3n) is 6.63. The molecule has 9 nitrogen and oxygen atoms in total. The molecule has 1 amide bonds. The van der Waals surface area contributed by atoms with Gasteiger partial charge in [-0.15, -0.1) is 0 Å². The van der Waals surface area contributed by atoms with Gasteiger partial charge in [-0.3, -0.25) is 10.2 Å². The van der Waals surface area contributed by atoms with Gasteiger partial charge in [-0.1, -0.05) is 18.2 Å². The quantitative estimate of drug-likeness (QED) is 0.414. The summed E-state index contributed by atoms with van der Waals surface area (Å²) in [6.45, 7) is 5.71. The molecule has 1 fully saturated rings. The topological polar surface area (TPSA) is 123 Å². The molecule has 3 N–H and O–H groups in total. The molecule has 2 aromatic rings.